The second-order valence-electron chi connectivity index (χ2n) is 4.53. The first-order valence-corrected chi connectivity index (χ1v) is 9.17. The lowest BCUT2D eigenvalue weighted by Gasteiger charge is -2.25. The predicted octanol–water partition coefficient (Wildman–Crippen LogP) is 2.29. The van der Waals surface area contributed by atoms with E-state index in [1.165, 1.54) is 17.8 Å². The van der Waals surface area contributed by atoms with Crippen LogP contribution in [0.1, 0.15) is 12.5 Å². The van der Waals surface area contributed by atoms with Crippen LogP contribution in [0.2, 0.25) is 0 Å². The Kier molecular flexibility index (Phi) is 4.48. The average Bonchev–Trinajstić information content (AvgIpc) is 2.75. The monoisotopic (exact) mass is 379 g/mol. The van der Waals surface area contributed by atoms with Crippen LogP contribution in [0.5, 0.6) is 0 Å². The first kappa shape index (κ1) is 15.8. The molecule has 8 heteroatoms. The van der Waals surface area contributed by atoms with Crippen LogP contribution in [0.3, 0.4) is 0 Å². The lowest BCUT2D eigenvalue weighted by Crippen LogP contribution is -2.44. The average molecular weight is 380 g/mol. The van der Waals surface area contributed by atoms with Crippen molar-refractivity contribution in [1.29, 1.82) is 0 Å². The molecular formula is C12H14BrNO4S2. The van der Waals surface area contributed by atoms with E-state index in [9.17, 15) is 18.3 Å². The molecule has 1 fully saturated rings. The van der Waals surface area contributed by atoms with E-state index in [1.54, 1.807) is 26.0 Å². The van der Waals surface area contributed by atoms with Crippen LogP contribution in [-0.4, -0.2) is 41.0 Å². The van der Waals surface area contributed by atoms with Crippen molar-refractivity contribution in [2.75, 3.05) is 5.75 Å². The molecule has 1 aromatic rings. The number of carboxylic acid groups (broad SMARTS) is 1. The summed E-state index contributed by atoms with van der Waals surface area (Å²) in [6.07, 6.45) is 0. The Balaban J connectivity index is 2.53. The van der Waals surface area contributed by atoms with Crippen LogP contribution in [0.4, 0.5) is 0 Å². The molecule has 0 radical (unpaired) electrons. The van der Waals surface area contributed by atoms with E-state index in [4.69, 9.17) is 0 Å². The maximum Gasteiger partial charge on any atom is 0.322 e. The maximum atomic E-state index is 12.8. The smallest absolute Gasteiger partial charge is 0.322 e. The minimum Gasteiger partial charge on any atom is -0.480 e. The molecule has 110 valence electrons. The number of carbonyl (C=O) groups is 1. The molecule has 0 spiro atoms. The molecule has 1 aliphatic rings. The highest BCUT2D eigenvalue weighted by Gasteiger charge is 2.44. The van der Waals surface area contributed by atoms with Crippen molar-refractivity contribution in [3.05, 3.63) is 28.2 Å². The minimum absolute atomic E-state index is 0.146. The standard InChI is InChI=1S/C12H14BrNO4S2/c1-7-3-4-9(13)5-11(7)20(17,18)14-8(2)19-6-10(14)12(15)16/h3-5,8,10H,6H2,1-2H3,(H,15,16). The van der Waals surface area contributed by atoms with Crippen molar-refractivity contribution in [3.63, 3.8) is 0 Å². The summed E-state index contributed by atoms with van der Waals surface area (Å²) in [5.41, 5.74) is 0.599. The molecular weight excluding hydrogens is 366 g/mol. The lowest BCUT2D eigenvalue weighted by atomic mass is 10.2. The molecule has 1 saturated heterocycles. The van der Waals surface area contributed by atoms with Gasteiger partial charge in [-0.15, -0.1) is 11.8 Å². The van der Waals surface area contributed by atoms with Gasteiger partial charge in [-0.2, -0.15) is 4.31 Å². The van der Waals surface area contributed by atoms with Gasteiger partial charge in [0, 0.05) is 10.2 Å². The Morgan fingerprint density at radius 1 is 1.50 bits per heavy atom. The zero-order chi connectivity index (χ0) is 15.1. The Hall–Kier alpha value is -0.570. The maximum absolute atomic E-state index is 12.8. The molecule has 1 aliphatic heterocycles. The van der Waals surface area contributed by atoms with E-state index in [-0.39, 0.29) is 16.0 Å². The fourth-order valence-corrected chi connectivity index (χ4v) is 6.20. The van der Waals surface area contributed by atoms with Gasteiger partial charge in [-0.25, -0.2) is 8.42 Å². The summed E-state index contributed by atoms with van der Waals surface area (Å²) in [5.74, 6) is -0.846. The van der Waals surface area contributed by atoms with Gasteiger partial charge in [0.25, 0.3) is 0 Å². The molecule has 1 heterocycles. The number of hydrogen-bond acceptors (Lipinski definition) is 4. The van der Waals surface area contributed by atoms with Crippen molar-refractivity contribution >= 4 is 43.7 Å². The Labute approximate surface area is 130 Å². The summed E-state index contributed by atoms with van der Waals surface area (Å²) in [6.45, 7) is 3.40. The predicted molar refractivity (Wildman–Crippen MR) is 81.2 cm³/mol. The van der Waals surface area contributed by atoms with Crippen molar-refractivity contribution < 1.29 is 18.3 Å². The van der Waals surface area contributed by atoms with Crippen LogP contribution >= 0.6 is 27.7 Å². The zero-order valence-corrected chi connectivity index (χ0v) is 14.1. The van der Waals surface area contributed by atoms with Gasteiger partial charge in [0.1, 0.15) is 6.04 Å². The van der Waals surface area contributed by atoms with Crippen LogP contribution in [0.15, 0.2) is 27.6 Å². The van der Waals surface area contributed by atoms with Crippen molar-refractivity contribution in [3.8, 4) is 0 Å². The summed E-state index contributed by atoms with van der Waals surface area (Å²) in [4.78, 5) is 11.4. The number of benzene rings is 1. The van der Waals surface area contributed by atoms with Gasteiger partial charge in [0.2, 0.25) is 10.0 Å². The van der Waals surface area contributed by atoms with Crippen LogP contribution in [-0.2, 0) is 14.8 Å². The lowest BCUT2D eigenvalue weighted by molar-refractivity contribution is -0.140. The van der Waals surface area contributed by atoms with Gasteiger partial charge in [-0.1, -0.05) is 22.0 Å². The highest BCUT2D eigenvalue weighted by molar-refractivity contribution is 9.10. The number of aryl methyl sites for hydroxylation is 1. The molecule has 0 amide bonds. The van der Waals surface area contributed by atoms with Crippen molar-refractivity contribution in [2.24, 2.45) is 0 Å². The van der Waals surface area contributed by atoms with Crippen molar-refractivity contribution in [1.82, 2.24) is 4.31 Å². The van der Waals surface area contributed by atoms with E-state index in [0.29, 0.717) is 10.0 Å². The van der Waals surface area contributed by atoms with E-state index >= 15 is 0 Å². The molecule has 2 rings (SSSR count). The van der Waals surface area contributed by atoms with E-state index in [1.807, 2.05) is 0 Å². The number of halogens is 1. The Morgan fingerprint density at radius 3 is 2.75 bits per heavy atom. The number of nitrogens with zero attached hydrogens (tertiary/aromatic N) is 1. The fourth-order valence-electron chi connectivity index (χ4n) is 2.14. The van der Waals surface area contributed by atoms with Crippen molar-refractivity contribution in [2.45, 2.75) is 30.2 Å². The molecule has 1 N–H and O–H groups in total. The van der Waals surface area contributed by atoms with Gasteiger partial charge in [0.05, 0.1) is 10.3 Å². The van der Waals surface area contributed by atoms with Crippen LogP contribution < -0.4 is 0 Å². The molecule has 0 bridgehead atoms. The number of rotatable bonds is 3. The highest BCUT2D eigenvalue weighted by Crippen LogP contribution is 2.35. The number of thioether (sulfide) groups is 1. The first-order valence-electron chi connectivity index (χ1n) is 5.89. The summed E-state index contributed by atoms with van der Waals surface area (Å²) in [6, 6.07) is 3.95. The fraction of sp³-hybridized carbons (Fsp3) is 0.417. The normalized spacial score (nSPS) is 23.9. The quantitative estimate of drug-likeness (QED) is 0.871. The first-order chi connectivity index (χ1) is 9.25. The largest absolute Gasteiger partial charge is 0.480 e. The SMILES string of the molecule is Cc1ccc(Br)cc1S(=O)(=O)N1C(C)SCC1C(=O)O. The molecule has 0 aliphatic carbocycles. The number of carboxylic acids is 1. The molecule has 2 atom stereocenters. The van der Waals surface area contributed by atoms with Crippen LogP contribution in [0.25, 0.3) is 0 Å². The van der Waals surface area contributed by atoms with Gasteiger partial charge in [-0.05, 0) is 31.5 Å². The topological polar surface area (TPSA) is 74.7 Å². The van der Waals surface area contributed by atoms with E-state index in [0.717, 1.165) is 4.31 Å². The summed E-state index contributed by atoms with van der Waals surface area (Å²) in [5, 5.41) is 8.82. The highest BCUT2D eigenvalue weighted by atomic mass is 79.9. The van der Waals surface area contributed by atoms with E-state index in [2.05, 4.69) is 15.9 Å². The molecule has 0 aromatic heterocycles. The number of aliphatic carboxylic acids is 1. The molecule has 1 aromatic carbocycles. The zero-order valence-electron chi connectivity index (χ0n) is 10.9. The summed E-state index contributed by atoms with van der Waals surface area (Å²) < 4.78 is 27.3. The van der Waals surface area contributed by atoms with Crippen LogP contribution in [0, 0.1) is 6.92 Å². The number of hydrogen-bond donors (Lipinski definition) is 1. The molecule has 20 heavy (non-hydrogen) atoms. The molecule has 5 nitrogen and oxygen atoms in total. The minimum atomic E-state index is -3.83. The third-order valence-electron chi connectivity index (χ3n) is 3.15. The third-order valence-corrected chi connectivity index (χ3v) is 7.12. The molecule has 2 unspecified atom stereocenters. The Morgan fingerprint density at radius 2 is 2.15 bits per heavy atom. The molecule has 0 saturated carbocycles. The van der Waals surface area contributed by atoms with Gasteiger partial charge >= 0.3 is 5.97 Å². The Bertz CT molecular complexity index is 647. The van der Waals surface area contributed by atoms with E-state index < -0.39 is 22.0 Å². The van der Waals surface area contributed by atoms with Gasteiger partial charge in [0.15, 0.2) is 0 Å². The van der Waals surface area contributed by atoms with Gasteiger partial charge < -0.3 is 5.11 Å². The number of sulfonamides is 1. The second-order valence-corrected chi connectivity index (χ2v) is 8.61. The summed E-state index contributed by atoms with van der Waals surface area (Å²) in [7, 11) is -3.83. The van der Waals surface area contributed by atoms with Gasteiger partial charge in [-0.3, -0.25) is 4.79 Å². The summed E-state index contributed by atoms with van der Waals surface area (Å²) >= 11 is 4.58. The second kappa shape index (κ2) is 5.67. The third kappa shape index (κ3) is 2.74.